The third-order valence-electron chi connectivity index (χ3n) is 3.42. The Balaban J connectivity index is 1.51. The first-order chi connectivity index (χ1) is 13.5. The van der Waals surface area contributed by atoms with Gasteiger partial charge >= 0.3 is 11.7 Å². The summed E-state index contributed by atoms with van der Waals surface area (Å²) in [6.45, 7) is -0.369. The molecule has 2 aromatic carbocycles. The van der Waals surface area contributed by atoms with Crippen LogP contribution in [-0.2, 0) is 4.79 Å². The van der Waals surface area contributed by atoms with E-state index in [9.17, 15) is 20.0 Å². The van der Waals surface area contributed by atoms with E-state index in [2.05, 4.69) is 20.6 Å². The number of hydrogen-bond donors (Lipinski definition) is 2. The van der Waals surface area contributed by atoms with Gasteiger partial charge in [-0.15, -0.1) is 5.10 Å². The predicted octanol–water partition coefficient (Wildman–Crippen LogP) is 1.41. The Kier molecular flexibility index (Phi) is 5.55. The van der Waals surface area contributed by atoms with Crippen LogP contribution in [0.1, 0.15) is 5.56 Å². The molecule has 0 saturated carbocycles. The third-order valence-corrected chi connectivity index (χ3v) is 3.42. The van der Waals surface area contributed by atoms with E-state index >= 15 is 0 Å². The van der Waals surface area contributed by atoms with E-state index in [-0.39, 0.29) is 12.6 Å². The van der Waals surface area contributed by atoms with Gasteiger partial charge in [-0.05, 0) is 24.3 Å². The maximum Gasteiger partial charge on any atom is 0.336 e. The fourth-order valence-corrected chi connectivity index (χ4v) is 2.13. The molecule has 1 amide bonds. The number of carbonyl (C=O) groups excluding carboxylic acids is 1. The van der Waals surface area contributed by atoms with Gasteiger partial charge in [0.15, 0.2) is 12.4 Å². The number of hydrazone groups is 1. The van der Waals surface area contributed by atoms with Crippen molar-refractivity contribution in [3.8, 4) is 17.4 Å². The maximum atomic E-state index is 11.8. The number of phenolic OH excluding ortho intramolecular Hbond substituents is 1. The van der Waals surface area contributed by atoms with Crippen molar-refractivity contribution in [3.05, 3.63) is 70.5 Å². The van der Waals surface area contributed by atoms with Gasteiger partial charge in [0.1, 0.15) is 6.33 Å². The second-order valence-electron chi connectivity index (χ2n) is 5.39. The standard InChI is InChI=1S/C17H14N6O5/c24-15-7-6-12(8-14(15)23(26)27)9-19-20-16(25)10-28-17-18-11-22(21-17)13-4-2-1-3-5-13/h1-9,11,24H,10H2,(H,20,25)/b19-9+. The highest BCUT2D eigenvalue weighted by molar-refractivity contribution is 5.84. The van der Waals surface area contributed by atoms with E-state index in [1.54, 1.807) is 0 Å². The van der Waals surface area contributed by atoms with E-state index in [0.717, 1.165) is 11.8 Å². The van der Waals surface area contributed by atoms with Crippen molar-refractivity contribution in [1.82, 2.24) is 20.2 Å². The number of nitro groups is 1. The summed E-state index contributed by atoms with van der Waals surface area (Å²) in [6, 6.07) is 13.0. The number of hydrogen-bond acceptors (Lipinski definition) is 8. The lowest BCUT2D eigenvalue weighted by Crippen LogP contribution is -2.24. The van der Waals surface area contributed by atoms with Gasteiger partial charge < -0.3 is 9.84 Å². The van der Waals surface area contributed by atoms with Crippen molar-refractivity contribution in [2.75, 3.05) is 6.61 Å². The molecule has 0 unspecified atom stereocenters. The predicted molar refractivity (Wildman–Crippen MR) is 97.4 cm³/mol. The molecule has 0 fully saturated rings. The van der Waals surface area contributed by atoms with E-state index in [4.69, 9.17) is 4.74 Å². The zero-order chi connectivity index (χ0) is 19.9. The molecular weight excluding hydrogens is 368 g/mol. The van der Waals surface area contributed by atoms with Crippen LogP contribution in [0.15, 0.2) is 60.0 Å². The zero-order valence-corrected chi connectivity index (χ0v) is 14.3. The summed E-state index contributed by atoms with van der Waals surface area (Å²) >= 11 is 0. The molecular formula is C17H14N6O5. The SMILES string of the molecule is O=C(COc1ncn(-c2ccccc2)n1)N/N=C/c1ccc(O)c([N+](=O)[O-])c1. The molecule has 0 aliphatic carbocycles. The molecule has 1 heterocycles. The molecule has 3 rings (SSSR count). The first-order valence-electron chi connectivity index (χ1n) is 7.92. The lowest BCUT2D eigenvalue weighted by Gasteiger charge is -2.01. The molecule has 0 saturated heterocycles. The number of rotatable bonds is 7. The molecule has 0 radical (unpaired) electrons. The molecule has 0 spiro atoms. The number of aromatic hydroxyl groups is 1. The molecule has 0 aliphatic rings. The lowest BCUT2D eigenvalue weighted by atomic mass is 10.2. The third kappa shape index (κ3) is 4.66. The topological polar surface area (TPSA) is 145 Å². The van der Waals surface area contributed by atoms with Gasteiger partial charge in [-0.1, -0.05) is 18.2 Å². The summed E-state index contributed by atoms with van der Waals surface area (Å²) in [6.07, 6.45) is 2.66. The fraction of sp³-hybridized carbons (Fsp3) is 0.0588. The summed E-state index contributed by atoms with van der Waals surface area (Å²) in [5.41, 5.74) is 2.88. The lowest BCUT2D eigenvalue weighted by molar-refractivity contribution is -0.385. The zero-order valence-electron chi connectivity index (χ0n) is 14.3. The average molecular weight is 382 g/mol. The summed E-state index contributed by atoms with van der Waals surface area (Å²) < 4.78 is 6.69. The molecule has 3 aromatic rings. The minimum atomic E-state index is -0.722. The molecule has 0 aliphatic heterocycles. The number of nitro benzene ring substituents is 1. The van der Waals surface area contributed by atoms with Crippen LogP contribution in [0.2, 0.25) is 0 Å². The van der Waals surface area contributed by atoms with Crippen LogP contribution in [0.5, 0.6) is 11.8 Å². The highest BCUT2D eigenvalue weighted by Gasteiger charge is 2.13. The van der Waals surface area contributed by atoms with Gasteiger partial charge in [0, 0.05) is 11.6 Å². The molecule has 142 valence electrons. The molecule has 11 heteroatoms. The van der Waals surface area contributed by atoms with Crippen molar-refractivity contribution in [2.24, 2.45) is 5.10 Å². The van der Waals surface area contributed by atoms with Crippen molar-refractivity contribution in [1.29, 1.82) is 0 Å². The van der Waals surface area contributed by atoms with Crippen LogP contribution in [0.4, 0.5) is 5.69 Å². The number of carbonyl (C=O) groups is 1. The smallest absolute Gasteiger partial charge is 0.336 e. The second-order valence-corrected chi connectivity index (χ2v) is 5.39. The first-order valence-corrected chi connectivity index (χ1v) is 7.92. The number of phenols is 1. The molecule has 1 aromatic heterocycles. The molecule has 0 bridgehead atoms. The van der Waals surface area contributed by atoms with Crippen LogP contribution in [0, 0.1) is 10.1 Å². The molecule has 11 nitrogen and oxygen atoms in total. The highest BCUT2D eigenvalue weighted by atomic mass is 16.6. The Labute approximate surface area is 158 Å². The van der Waals surface area contributed by atoms with E-state index in [1.165, 1.54) is 29.4 Å². The van der Waals surface area contributed by atoms with Gasteiger partial charge in [0.25, 0.3) is 5.91 Å². The average Bonchev–Trinajstić information content (AvgIpc) is 3.17. The van der Waals surface area contributed by atoms with E-state index < -0.39 is 22.3 Å². The minimum absolute atomic E-state index is 0.0251. The minimum Gasteiger partial charge on any atom is -0.502 e. The quantitative estimate of drug-likeness (QED) is 0.357. The summed E-state index contributed by atoms with van der Waals surface area (Å²) in [7, 11) is 0. The summed E-state index contributed by atoms with van der Waals surface area (Å²) in [5.74, 6) is -1.03. The molecule has 2 N–H and O–H groups in total. The largest absolute Gasteiger partial charge is 0.502 e. The van der Waals surface area contributed by atoms with E-state index in [0.29, 0.717) is 5.56 Å². The fourth-order valence-electron chi connectivity index (χ4n) is 2.13. The van der Waals surface area contributed by atoms with Crippen molar-refractivity contribution in [2.45, 2.75) is 0 Å². The Hall–Kier alpha value is -4.28. The number of aromatic nitrogens is 3. The summed E-state index contributed by atoms with van der Waals surface area (Å²) in [5, 5.41) is 27.9. The van der Waals surface area contributed by atoms with Crippen molar-refractivity contribution in [3.63, 3.8) is 0 Å². The number of benzene rings is 2. The van der Waals surface area contributed by atoms with Gasteiger partial charge in [-0.25, -0.2) is 10.1 Å². The first kappa shape index (κ1) is 18.5. The highest BCUT2D eigenvalue weighted by Crippen LogP contribution is 2.25. The van der Waals surface area contributed by atoms with Gasteiger partial charge in [-0.3, -0.25) is 14.9 Å². The van der Waals surface area contributed by atoms with E-state index in [1.807, 2.05) is 30.3 Å². The number of para-hydroxylation sites is 1. The number of amides is 1. The van der Waals surface area contributed by atoms with Crippen LogP contribution < -0.4 is 10.2 Å². The summed E-state index contributed by atoms with van der Waals surface area (Å²) in [4.78, 5) is 25.8. The number of nitrogens with one attached hydrogen (secondary N) is 1. The Morgan fingerprint density at radius 2 is 2.11 bits per heavy atom. The molecule has 28 heavy (non-hydrogen) atoms. The van der Waals surface area contributed by atoms with Crippen LogP contribution in [-0.4, -0.2) is 43.5 Å². The molecule has 0 atom stereocenters. The number of nitrogens with zero attached hydrogens (tertiary/aromatic N) is 5. The monoisotopic (exact) mass is 382 g/mol. The maximum absolute atomic E-state index is 11.8. The second kappa shape index (κ2) is 8.40. The van der Waals surface area contributed by atoms with Crippen LogP contribution in [0.25, 0.3) is 5.69 Å². The van der Waals surface area contributed by atoms with Gasteiger partial charge in [0.2, 0.25) is 0 Å². The Morgan fingerprint density at radius 1 is 1.32 bits per heavy atom. The normalized spacial score (nSPS) is 10.7. The Morgan fingerprint density at radius 3 is 2.86 bits per heavy atom. The van der Waals surface area contributed by atoms with Crippen LogP contribution in [0.3, 0.4) is 0 Å². The van der Waals surface area contributed by atoms with Crippen molar-refractivity contribution >= 4 is 17.8 Å². The Bertz CT molecular complexity index is 1020. The van der Waals surface area contributed by atoms with Gasteiger partial charge in [0.05, 0.1) is 16.8 Å². The van der Waals surface area contributed by atoms with Gasteiger partial charge in [-0.2, -0.15) is 10.1 Å². The van der Waals surface area contributed by atoms with Crippen LogP contribution >= 0.6 is 0 Å². The van der Waals surface area contributed by atoms with Crippen molar-refractivity contribution < 1.29 is 19.6 Å². The number of ether oxygens (including phenoxy) is 1.